The minimum atomic E-state index is -0.920. The molecule has 1 heterocycles. The molecular weight excluding hydrogens is 326 g/mol. The van der Waals surface area contributed by atoms with Gasteiger partial charge in [0.15, 0.2) is 6.29 Å². The van der Waals surface area contributed by atoms with Crippen molar-refractivity contribution in [2.75, 3.05) is 0 Å². The Labute approximate surface area is 141 Å². The summed E-state index contributed by atoms with van der Waals surface area (Å²) in [6.07, 6.45) is 0.314. The fraction of sp³-hybridized carbons (Fsp3) is 0.105. The molecule has 0 bridgehead atoms. The van der Waals surface area contributed by atoms with Crippen molar-refractivity contribution in [1.82, 2.24) is 10.2 Å². The molecule has 0 atom stereocenters. The van der Waals surface area contributed by atoms with E-state index in [4.69, 9.17) is 0 Å². The third-order valence-corrected chi connectivity index (χ3v) is 3.79. The third-order valence-electron chi connectivity index (χ3n) is 3.79. The van der Waals surface area contributed by atoms with Gasteiger partial charge >= 0.3 is 0 Å². The zero-order valence-electron chi connectivity index (χ0n) is 13.2. The largest absolute Gasteiger partial charge is 0.298 e. The van der Waals surface area contributed by atoms with E-state index < -0.39 is 11.6 Å². The summed E-state index contributed by atoms with van der Waals surface area (Å²) in [6, 6.07) is 6.84. The standard InChI is InChI=1S/C19H12F2N2O2/c1-2-3-11-4-5-14-15(6-11)18(22-23-19(14)25)8-12-7-13(10-24)17(21)9-16(12)20/h4-7,9-10H,8H2,1H3,(H,23,25). The first-order chi connectivity index (χ1) is 12.0. The minimum absolute atomic E-state index is 0.0107. The number of aromatic nitrogens is 2. The van der Waals surface area contributed by atoms with Gasteiger partial charge in [0.2, 0.25) is 0 Å². The van der Waals surface area contributed by atoms with Crippen molar-refractivity contribution in [1.29, 1.82) is 0 Å². The molecule has 1 aromatic heterocycles. The van der Waals surface area contributed by atoms with E-state index in [-0.39, 0.29) is 23.1 Å². The number of carbonyl (C=O) groups excluding carboxylic acids is 1. The van der Waals surface area contributed by atoms with Crippen LogP contribution in [0.5, 0.6) is 0 Å². The molecule has 4 nitrogen and oxygen atoms in total. The minimum Gasteiger partial charge on any atom is -0.298 e. The van der Waals surface area contributed by atoms with E-state index in [9.17, 15) is 18.4 Å². The zero-order chi connectivity index (χ0) is 18.0. The molecule has 3 rings (SSSR count). The van der Waals surface area contributed by atoms with Crippen LogP contribution in [-0.4, -0.2) is 16.5 Å². The summed E-state index contributed by atoms with van der Waals surface area (Å²) in [5.41, 5.74) is 0.593. The number of aldehydes is 1. The maximum absolute atomic E-state index is 14.1. The Kier molecular flexibility index (Phi) is 4.40. The van der Waals surface area contributed by atoms with E-state index in [1.807, 2.05) is 0 Å². The molecule has 124 valence electrons. The number of nitrogens with zero attached hydrogens (tertiary/aromatic N) is 1. The summed E-state index contributed by atoms with van der Waals surface area (Å²) in [5.74, 6) is 3.95. The number of benzene rings is 2. The molecule has 0 spiro atoms. The highest BCUT2D eigenvalue weighted by Gasteiger charge is 2.14. The maximum Gasteiger partial charge on any atom is 0.272 e. The van der Waals surface area contributed by atoms with Crippen molar-refractivity contribution in [2.24, 2.45) is 0 Å². The van der Waals surface area contributed by atoms with Crippen molar-refractivity contribution in [2.45, 2.75) is 13.3 Å². The first-order valence-corrected chi connectivity index (χ1v) is 7.40. The van der Waals surface area contributed by atoms with E-state index >= 15 is 0 Å². The smallest absolute Gasteiger partial charge is 0.272 e. The number of carbonyl (C=O) groups is 1. The first kappa shape index (κ1) is 16.5. The second-order valence-corrected chi connectivity index (χ2v) is 5.39. The van der Waals surface area contributed by atoms with Crippen molar-refractivity contribution in [3.05, 3.63) is 74.7 Å². The Bertz CT molecular complexity index is 1110. The van der Waals surface area contributed by atoms with Gasteiger partial charge in [0.25, 0.3) is 5.56 Å². The Morgan fingerprint density at radius 3 is 2.68 bits per heavy atom. The number of nitrogens with one attached hydrogen (secondary N) is 1. The van der Waals surface area contributed by atoms with Crippen LogP contribution in [-0.2, 0) is 6.42 Å². The van der Waals surface area contributed by atoms with E-state index in [0.29, 0.717) is 34.4 Å². The van der Waals surface area contributed by atoms with Crippen molar-refractivity contribution in [3.8, 4) is 11.8 Å². The first-order valence-electron chi connectivity index (χ1n) is 7.40. The van der Waals surface area contributed by atoms with E-state index in [0.717, 1.165) is 6.07 Å². The summed E-state index contributed by atoms with van der Waals surface area (Å²) >= 11 is 0. The molecular formula is C19H12F2N2O2. The molecule has 6 heteroatoms. The SMILES string of the molecule is CC#Cc1ccc2c(=O)[nH]nc(Cc3cc(C=O)c(F)cc3F)c2c1. The number of hydrogen-bond donors (Lipinski definition) is 1. The van der Waals surface area contributed by atoms with Crippen LogP contribution in [0.2, 0.25) is 0 Å². The topological polar surface area (TPSA) is 62.8 Å². The van der Waals surface area contributed by atoms with Gasteiger partial charge in [0, 0.05) is 23.4 Å². The van der Waals surface area contributed by atoms with Crippen LogP contribution in [0.15, 0.2) is 35.1 Å². The van der Waals surface area contributed by atoms with Gasteiger partial charge in [-0.25, -0.2) is 13.9 Å². The van der Waals surface area contributed by atoms with Gasteiger partial charge < -0.3 is 0 Å². The van der Waals surface area contributed by atoms with Gasteiger partial charge in [-0.05, 0) is 36.8 Å². The van der Waals surface area contributed by atoms with Crippen LogP contribution in [0, 0.1) is 23.5 Å². The lowest BCUT2D eigenvalue weighted by Gasteiger charge is -2.08. The Balaban J connectivity index is 2.17. The molecule has 0 amide bonds. The summed E-state index contributed by atoms with van der Waals surface area (Å²) in [6.45, 7) is 1.69. The van der Waals surface area contributed by atoms with Crippen LogP contribution in [0.3, 0.4) is 0 Å². The predicted molar refractivity (Wildman–Crippen MR) is 89.5 cm³/mol. The van der Waals surface area contributed by atoms with Crippen LogP contribution in [0.1, 0.15) is 34.1 Å². The van der Waals surface area contributed by atoms with E-state index in [2.05, 4.69) is 22.0 Å². The van der Waals surface area contributed by atoms with Gasteiger partial charge in [-0.15, -0.1) is 5.92 Å². The number of H-pyrrole nitrogens is 1. The van der Waals surface area contributed by atoms with Gasteiger partial charge in [-0.2, -0.15) is 5.10 Å². The summed E-state index contributed by atoms with van der Waals surface area (Å²) in [7, 11) is 0. The second kappa shape index (κ2) is 6.65. The average Bonchev–Trinajstić information content (AvgIpc) is 2.60. The fourth-order valence-corrected chi connectivity index (χ4v) is 2.60. The number of aromatic amines is 1. The van der Waals surface area contributed by atoms with Gasteiger partial charge in [-0.1, -0.05) is 5.92 Å². The Hall–Kier alpha value is -3.33. The highest BCUT2D eigenvalue weighted by Crippen LogP contribution is 2.21. The molecule has 0 saturated carbocycles. The van der Waals surface area contributed by atoms with Crippen molar-refractivity contribution in [3.63, 3.8) is 0 Å². The molecule has 0 aliphatic carbocycles. The lowest BCUT2D eigenvalue weighted by molar-refractivity contribution is 0.111. The Morgan fingerprint density at radius 1 is 1.16 bits per heavy atom. The second-order valence-electron chi connectivity index (χ2n) is 5.39. The summed E-state index contributed by atoms with van der Waals surface area (Å²) < 4.78 is 27.5. The molecule has 0 unspecified atom stereocenters. The molecule has 0 fully saturated rings. The molecule has 3 aromatic rings. The molecule has 25 heavy (non-hydrogen) atoms. The third kappa shape index (κ3) is 3.17. The normalized spacial score (nSPS) is 10.4. The molecule has 0 aliphatic heterocycles. The van der Waals surface area contributed by atoms with Gasteiger partial charge in [0.05, 0.1) is 16.6 Å². The zero-order valence-corrected chi connectivity index (χ0v) is 13.2. The summed E-state index contributed by atoms with van der Waals surface area (Å²) in [4.78, 5) is 22.8. The van der Waals surface area contributed by atoms with E-state index in [1.165, 1.54) is 0 Å². The fourth-order valence-electron chi connectivity index (χ4n) is 2.60. The van der Waals surface area contributed by atoms with Crippen LogP contribution in [0.25, 0.3) is 10.8 Å². The van der Waals surface area contributed by atoms with Crippen LogP contribution >= 0.6 is 0 Å². The number of hydrogen-bond acceptors (Lipinski definition) is 3. The molecule has 1 N–H and O–H groups in total. The number of halogens is 2. The highest BCUT2D eigenvalue weighted by molar-refractivity contribution is 5.85. The highest BCUT2D eigenvalue weighted by atomic mass is 19.1. The Morgan fingerprint density at radius 2 is 1.96 bits per heavy atom. The molecule has 0 saturated heterocycles. The quantitative estimate of drug-likeness (QED) is 0.590. The lowest BCUT2D eigenvalue weighted by atomic mass is 10.0. The summed E-state index contributed by atoms with van der Waals surface area (Å²) in [5, 5.41) is 7.28. The van der Waals surface area contributed by atoms with Gasteiger partial charge in [0.1, 0.15) is 11.6 Å². The van der Waals surface area contributed by atoms with E-state index in [1.54, 1.807) is 25.1 Å². The lowest BCUT2D eigenvalue weighted by Crippen LogP contribution is -2.12. The molecule has 0 radical (unpaired) electrons. The molecule has 2 aromatic carbocycles. The van der Waals surface area contributed by atoms with Crippen molar-refractivity contribution < 1.29 is 13.6 Å². The number of rotatable bonds is 3. The van der Waals surface area contributed by atoms with Gasteiger partial charge in [-0.3, -0.25) is 9.59 Å². The monoisotopic (exact) mass is 338 g/mol. The number of fused-ring (bicyclic) bond motifs is 1. The predicted octanol–water partition coefficient (Wildman–Crippen LogP) is 2.98. The van der Waals surface area contributed by atoms with Crippen LogP contribution in [0.4, 0.5) is 8.78 Å². The molecule has 0 aliphatic rings. The van der Waals surface area contributed by atoms with Crippen LogP contribution < -0.4 is 5.56 Å². The average molecular weight is 338 g/mol. The van der Waals surface area contributed by atoms with Crippen molar-refractivity contribution >= 4 is 17.1 Å². The maximum atomic E-state index is 14.1.